The van der Waals surface area contributed by atoms with Crippen molar-refractivity contribution in [2.75, 3.05) is 26.2 Å². The van der Waals surface area contributed by atoms with E-state index in [9.17, 15) is 9.90 Å². The van der Waals surface area contributed by atoms with Gasteiger partial charge in [0, 0.05) is 24.8 Å². The monoisotopic (exact) mass is 291 g/mol. The van der Waals surface area contributed by atoms with Gasteiger partial charge < -0.3 is 19.9 Å². The van der Waals surface area contributed by atoms with Crippen molar-refractivity contribution in [1.82, 2.24) is 14.8 Å². The molecule has 5 heteroatoms. The third-order valence-electron chi connectivity index (χ3n) is 4.82. The van der Waals surface area contributed by atoms with Crippen molar-refractivity contribution in [2.24, 2.45) is 0 Å². The molecular weight excluding hydrogens is 266 g/mol. The molecule has 1 aliphatic heterocycles. The van der Waals surface area contributed by atoms with Crippen LogP contribution in [0.5, 0.6) is 0 Å². The number of hydrogen-bond acceptors (Lipinski definition) is 3. The number of aliphatic hydroxyl groups excluding tert-OH is 1. The van der Waals surface area contributed by atoms with Crippen molar-refractivity contribution in [3.05, 3.63) is 24.0 Å². The van der Waals surface area contributed by atoms with E-state index in [0.29, 0.717) is 18.6 Å². The Balaban J connectivity index is 1.78. The SMILES string of the molecule is O=C(c1cccn1C1CCNCC1)N(CCO)C1CCC1. The minimum atomic E-state index is 0.0380. The average Bonchev–Trinajstić information content (AvgIpc) is 2.94. The number of nitrogens with one attached hydrogen (secondary N) is 1. The van der Waals surface area contributed by atoms with Crippen LogP contribution in [0.4, 0.5) is 0 Å². The number of aromatic nitrogens is 1. The maximum absolute atomic E-state index is 12.9. The normalized spacial score (nSPS) is 20.2. The molecule has 0 bridgehead atoms. The summed E-state index contributed by atoms with van der Waals surface area (Å²) in [6, 6.07) is 4.62. The fourth-order valence-electron chi connectivity index (χ4n) is 3.38. The van der Waals surface area contributed by atoms with Crippen LogP contribution >= 0.6 is 0 Å². The maximum atomic E-state index is 12.9. The summed E-state index contributed by atoms with van der Waals surface area (Å²) in [4.78, 5) is 14.7. The minimum absolute atomic E-state index is 0.0380. The van der Waals surface area contributed by atoms with Gasteiger partial charge in [0.2, 0.25) is 0 Å². The molecule has 2 fully saturated rings. The summed E-state index contributed by atoms with van der Waals surface area (Å²) < 4.78 is 2.15. The molecule has 1 aromatic rings. The molecule has 1 aliphatic carbocycles. The Morgan fingerprint density at radius 3 is 2.71 bits per heavy atom. The number of nitrogens with zero attached hydrogens (tertiary/aromatic N) is 2. The number of aliphatic hydroxyl groups is 1. The Kier molecular flexibility index (Phi) is 4.60. The van der Waals surface area contributed by atoms with E-state index in [1.165, 1.54) is 6.42 Å². The Labute approximate surface area is 125 Å². The predicted molar refractivity (Wildman–Crippen MR) is 81.3 cm³/mol. The average molecular weight is 291 g/mol. The van der Waals surface area contributed by atoms with Gasteiger partial charge in [-0.05, 0) is 57.3 Å². The summed E-state index contributed by atoms with van der Waals surface area (Å²) in [5.41, 5.74) is 0.780. The van der Waals surface area contributed by atoms with Gasteiger partial charge in [-0.3, -0.25) is 4.79 Å². The Hall–Kier alpha value is -1.33. The lowest BCUT2D eigenvalue weighted by atomic mass is 9.91. The van der Waals surface area contributed by atoms with E-state index in [4.69, 9.17) is 0 Å². The molecule has 21 heavy (non-hydrogen) atoms. The van der Waals surface area contributed by atoms with Crippen LogP contribution in [0.2, 0.25) is 0 Å². The molecule has 0 atom stereocenters. The van der Waals surface area contributed by atoms with E-state index in [0.717, 1.165) is 44.5 Å². The molecule has 3 rings (SSSR count). The summed E-state index contributed by atoms with van der Waals surface area (Å²) in [7, 11) is 0. The summed E-state index contributed by atoms with van der Waals surface area (Å²) in [6.07, 6.45) is 7.49. The van der Waals surface area contributed by atoms with E-state index in [2.05, 4.69) is 9.88 Å². The largest absolute Gasteiger partial charge is 0.395 e. The number of rotatable bonds is 5. The van der Waals surface area contributed by atoms with E-state index in [1.54, 1.807) is 0 Å². The van der Waals surface area contributed by atoms with Gasteiger partial charge in [-0.25, -0.2) is 0 Å². The van der Waals surface area contributed by atoms with E-state index in [1.807, 2.05) is 23.2 Å². The number of hydrogen-bond donors (Lipinski definition) is 2. The molecule has 0 unspecified atom stereocenters. The van der Waals surface area contributed by atoms with Crippen molar-refractivity contribution < 1.29 is 9.90 Å². The van der Waals surface area contributed by atoms with Gasteiger partial charge in [0.05, 0.1) is 6.61 Å². The van der Waals surface area contributed by atoms with Crippen LogP contribution in [0.1, 0.15) is 48.6 Å². The smallest absolute Gasteiger partial charge is 0.270 e. The van der Waals surface area contributed by atoms with Crippen LogP contribution in [0.3, 0.4) is 0 Å². The van der Waals surface area contributed by atoms with Crippen molar-refractivity contribution in [3.8, 4) is 0 Å². The quantitative estimate of drug-likeness (QED) is 0.862. The molecule has 1 saturated heterocycles. The second-order valence-corrected chi connectivity index (χ2v) is 6.09. The molecule has 2 aliphatic rings. The van der Waals surface area contributed by atoms with Crippen molar-refractivity contribution >= 4 is 5.91 Å². The second-order valence-electron chi connectivity index (χ2n) is 6.09. The summed E-state index contributed by atoms with van der Waals surface area (Å²) >= 11 is 0. The van der Waals surface area contributed by atoms with Crippen molar-refractivity contribution in [2.45, 2.75) is 44.2 Å². The van der Waals surface area contributed by atoms with Crippen LogP contribution in [-0.4, -0.2) is 52.8 Å². The van der Waals surface area contributed by atoms with Crippen LogP contribution in [0, 0.1) is 0 Å². The highest BCUT2D eigenvalue weighted by atomic mass is 16.3. The lowest BCUT2D eigenvalue weighted by molar-refractivity contribution is 0.0511. The Morgan fingerprint density at radius 1 is 1.33 bits per heavy atom. The fourth-order valence-corrected chi connectivity index (χ4v) is 3.38. The third kappa shape index (κ3) is 2.99. The standard InChI is InChI=1S/C16H25N3O2/c20-12-11-19(13-3-1-4-13)16(21)15-5-2-10-18(15)14-6-8-17-9-7-14/h2,5,10,13-14,17,20H,1,3-4,6-9,11-12H2. The van der Waals surface area contributed by atoms with Gasteiger partial charge in [-0.2, -0.15) is 0 Å². The molecule has 0 aromatic carbocycles. The molecule has 0 radical (unpaired) electrons. The van der Waals surface area contributed by atoms with Gasteiger partial charge in [-0.1, -0.05) is 0 Å². The second kappa shape index (κ2) is 6.62. The van der Waals surface area contributed by atoms with Crippen LogP contribution in [0.25, 0.3) is 0 Å². The summed E-state index contributed by atoms with van der Waals surface area (Å²) in [6.45, 7) is 2.51. The minimum Gasteiger partial charge on any atom is -0.395 e. The zero-order valence-electron chi connectivity index (χ0n) is 12.5. The third-order valence-corrected chi connectivity index (χ3v) is 4.82. The highest BCUT2D eigenvalue weighted by Gasteiger charge is 2.31. The van der Waals surface area contributed by atoms with E-state index in [-0.39, 0.29) is 12.5 Å². The molecule has 116 valence electrons. The lowest BCUT2D eigenvalue weighted by Gasteiger charge is -2.38. The van der Waals surface area contributed by atoms with E-state index >= 15 is 0 Å². The van der Waals surface area contributed by atoms with Crippen LogP contribution in [0.15, 0.2) is 18.3 Å². The topological polar surface area (TPSA) is 57.5 Å². The molecule has 1 aromatic heterocycles. The zero-order valence-corrected chi connectivity index (χ0v) is 12.5. The van der Waals surface area contributed by atoms with Crippen LogP contribution in [-0.2, 0) is 0 Å². The molecule has 1 amide bonds. The number of carbonyl (C=O) groups excluding carboxylic acids is 1. The van der Waals surface area contributed by atoms with Gasteiger partial charge in [0.1, 0.15) is 5.69 Å². The highest BCUT2D eigenvalue weighted by Crippen LogP contribution is 2.28. The van der Waals surface area contributed by atoms with Gasteiger partial charge in [0.25, 0.3) is 5.91 Å². The maximum Gasteiger partial charge on any atom is 0.270 e. The first kappa shape index (κ1) is 14.6. The first-order valence-corrected chi connectivity index (χ1v) is 8.10. The molecular formula is C16H25N3O2. The van der Waals surface area contributed by atoms with Gasteiger partial charge in [0.15, 0.2) is 0 Å². The lowest BCUT2D eigenvalue weighted by Crippen LogP contribution is -2.46. The predicted octanol–water partition coefficient (Wildman–Crippen LogP) is 1.40. The van der Waals surface area contributed by atoms with Crippen molar-refractivity contribution in [3.63, 3.8) is 0 Å². The molecule has 2 N–H and O–H groups in total. The first-order chi connectivity index (χ1) is 10.3. The van der Waals surface area contributed by atoms with Gasteiger partial charge >= 0.3 is 0 Å². The number of piperidine rings is 1. The Bertz CT molecular complexity index is 476. The fraction of sp³-hybridized carbons (Fsp3) is 0.688. The highest BCUT2D eigenvalue weighted by molar-refractivity contribution is 5.93. The van der Waals surface area contributed by atoms with Crippen molar-refractivity contribution in [1.29, 1.82) is 0 Å². The number of carbonyl (C=O) groups is 1. The molecule has 0 spiro atoms. The van der Waals surface area contributed by atoms with E-state index < -0.39 is 0 Å². The summed E-state index contributed by atoms with van der Waals surface area (Å²) in [5, 5.41) is 12.6. The Morgan fingerprint density at radius 2 is 2.10 bits per heavy atom. The summed E-state index contributed by atoms with van der Waals surface area (Å²) in [5.74, 6) is 0.0808. The first-order valence-electron chi connectivity index (χ1n) is 8.10. The van der Waals surface area contributed by atoms with Gasteiger partial charge in [-0.15, -0.1) is 0 Å². The van der Waals surface area contributed by atoms with Crippen LogP contribution < -0.4 is 5.32 Å². The molecule has 1 saturated carbocycles. The zero-order chi connectivity index (χ0) is 14.7. The number of amides is 1. The molecule has 2 heterocycles. The molecule has 5 nitrogen and oxygen atoms in total.